The van der Waals surface area contributed by atoms with Gasteiger partial charge in [0.15, 0.2) is 5.78 Å². The van der Waals surface area contributed by atoms with Gasteiger partial charge in [-0.15, -0.1) is 0 Å². The van der Waals surface area contributed by atoms with E-state index in [-0.39, 0.29) is 17.6 Å². The zero-order chi connectivity index (χ0) is 24.1. The topological polar surface area (TPSA) is 17.1 Å². The Bertz CT molecular complexity index is 1000. The Hall–Kier alpha value is -2.22. The Morgan fingerprint density at radius 2 is 1.85 bits per heavy atom. The number of hydrogen-bond donors (Lipinski definition) is 0. The third-order valence-electron chi connectivity index (χ3n) is 7.54. The van der Waals surface area contributed by atoms with Gasteiger partial charge in [-0.25, -0.2) is 4.39 Å². The van der Waals surface area contributed by atoms with E-state index in [2.05, 4.69) is 77.1 Å². The molecule has 3 rings (SSSR count). The lowest BCUT2D eigenvalue weighted by molar-refractivity contribution is 0.0715. The van der Waals surface area contributed by atoms with Crippen molar-refractivity contribution in [3.05, 3.63) is 75.4 Å². The third kappa shape index (κ3) is 6.22. The highest BCUT2D eigenvalue weighted by atomic mass is 19.1. The smallest absolute Gasteiger partial charge is 0.163 e. The molecule has 33 heavy (non-hydrogen) atoms. The Morgan fingerprint density at radius 3 is 2.55 bits per heavy atom. The maximum atomic E-state index is 14.6. The second-order valence-electron chi connectivity index (χ2n) is 10.4. The molecule has 1 aliphatic carbocycles. The number of Topliss-reactive ketones (excluding diaryl/α,β-unsaturated/α-hetero) is 1. The number of halogens is 1. The van der Waals surface area contributed by atoms with Crippen molar-refractivity contribution in [3.63, 3.8) is 0 Å². The fourth-order valence-corrected chi connectivity index (χ4v) is 5.85. The summed E-state index contributed by atoms with van der Waals surface area (Å²) in [5, 5.41) is 0. The molecule has 0 aliphatic heterocycles. The van der Waals surface area contributed by atoms with Gasteiger partial charge in [-0.1, -0.05) is 68.3 Å². The number of carbonyl (C=O) groups excluding carboxylic acids is 1. The van der Waals surface area contributed by atoms with Crippen LogP contribution >= 0.6 is 0 Å². The Balaban J connectivity index is 1.79. The molecule has 1 saturated carbocycles. The molecule has 0 spiro atoms. The fraction of sp³-hybridized carbons (Fsp3) is 0.516. The van der Waals surface area contributed by atoms with Gasteiger partial charge >= 0.3 is 0 Å². The zero-order valence-electron chi connectivity index (χ0n) is 21.4. The zero-order valence-corrected chi connectivity index (χ0v) is 21.4. The first-order valence-electron chi connectivity index (χ1n) is 12.7. The van der Waals surface area contributed by atoms with Gasteiger partial charge in [0.25, 0.3) is 0 Å². The van der Waals surface area contributed by atoms with Crippen LogP contribution in [0.5, 0.6) is 0 Å². The van der Waals surface area contributed by atoms with E-state index < -0.39 is 6.17 Å². The molecule has 1 nitrogen and oxygen atoms in total. The number of alkyl halides is 1. The molecule has 4 unspecified atom stereocenters. The van der Waals surface area contributed by atoms with Gasteiger partial charge in [-0.3, -0.25) is 4.79 Å². The minimum absolute atomic E-state index is 0.103. The molecule has 0 aromatic heterocycles. The van der Waals surface area contributed by atoms with Gasteiger partial charge in [0, 0.05) is 12.0 Å². The molecule has 4 atom stereocenters. The van der Waals surface area contributed by atoms with Crippen LogP contribution in [-0.2, 0) is 12.8 Å². The SMILES string of the molecule is C/C=C\c1cc(CCC(=O)c2c(C)cc(C)cc2CC2CC(C)C(F)C(CC)C2)ccc1C. The maximum Gasteiger partial charge on any atom is 0.163 e. The lowest BCUT2D eigenvalue weighted by Crippen LogP contribution is -2.33. The molecule has 2 heteroatoms. The number of aryl methyl sites for hydroxylation is 4. The summed E-state index contributed by atoms with van der Waals surface area (Å²) in [4.78, 5) is 13.5. The summed E-state index contributed by atoms with van der Waals surface area (Å²) >= 11 is 0. The highest BCUT2D eigenvalue weighted by molar-refractivity contribution is 5.99. The van der Waals surface area contributed by atoms with Crippen molar-refractivity contribution in [2.24, 2.45) is 17.8 Å². The Labute approximate surface area is 200 Å². The summed E-state index contributed by atoms with van der Waals surface area (Å²) < 4.78 is 14.6. The summed E-state index contributed by atoms with van der Waals surface area (Å²) in [6.07, 6.45) is 8.38. The summed E-state index contributed by atoms with van der Waals surface area (Å²) in [5.74, 6) is 0.934. The van der Waals surface area contributed by atoms with Gasteiger partial charge in [-0.2, -0.15) is 0 Å². The lowest BCUT2D eigenvalue weighted by Gasteiger charge is -2.36. The van der Waals surface area contributed by atoms with Crippen molar-refractivity contribution in [2.45, 2.75) is 86.2 Å². The van der Waals surface area contributed by atoms with Crippen LogP contribution in [0.4, 0.5) is 4.39 Å². The van der Waals surface area contributed by atoms with Gasteiger partial charge in [0.1, 0.15) is 6.17 Å². The first-order chi connectivity index (χ1) is 15.7. The van der Waals surface area contributed by atoms with Gasteiger partial charge in [0.05, 0.1) is 0 Å². The summed E-state index contributed by atoms with van der Waals surface area (Å²) in [6, 6.07) is 10.8. The largest absolute Gasteiger partial charge is 0.294 e. The monoisotopic (exact) mass is 448 g/mol. The third-order valence-corrected chi connectivity index (χ3v) is 7.54. The van der Waals surface area contributed by atoms with E-state index in [1.54, 1.807) is 0 Å². The molecule has 0 amide bonds. The predicted octanol–water partition coefficient (Wildman–Crippen LogP) is 8.41. The van der Waals surface area contributed by atoms with Gasteiger partial charge in [0.2, 0.25) is 0 Å². The minimum Gasteiger partial charge on any atom is -0.294 e. The first-order valence-corrected chi connectivity index (χ1v) is 12.7. The molecule has 1 fully saturated rings. The van der Waals surface area contributed by atoms with Gasteiger partial charge < -0.3 is 0 Å². The average Bonchev–Trinajstić information content (AvgIpc) is 2.76. The number of hydrogen-bond acceptors (Lipinski definition) is 1. The number of rotatable bonds is 8. The van der Waals surface area contributed by atoms with Gasteiger partial charge in [-0.05, 0) is 98.9 Å². The molecule has 178 valence electrons. The van der Waals surface area contributed by atoms with E-state index in [0.29, 0.717) is 12.3 Å². The van der Waals surface area contributed by atoms with Crippen LogP contribution in [0.25, 0.3) is 6.08 Å². The minimum atomic E-state index is -0.687. The molecule has 0 N–H and O–H groups in total. The van der Waals surface area contributed by atoms with Crippen molar-refractivity contribution < 1.29 is 9.18 Å². The van der Waals surface area contributed by atoms with Crippen LogP contribution in [-0.4, -0.2) is 12.0 Å². The Kier molecular flexibility index (Phi) is 8.68. The molecule has 2 aromatic carbocycles. The number of carbonyl (C=O) groups is 1. The molecule has 1 aliphatic rings. The molecular formula is C31H41FO. The van der Waals surface area contributed by atoms with Crippen molar-refractivity contribution in [1.29, 1.82) is 0 Å². The molecule has 0 radical (unpaired) electrons. The van der Waals surface area contributed by atoms with Crippen LogP contribution in [0.15, 0.2) is 36.4 Å². The number of benzene rings is 2. The summed E-state index contributed by atoms with van der Waals surface area (Å²) in [7, 11) is 0. The second kappa shape index (κ2) is 11.3. The highest BCUT2D eigenvalue weighted by Crippen LogP contribution is 2.39. The summed E-state index contributed by atoms with van der Waals surface area (Å²) in [5.41, 5.74) is 8.03. The van der Waals surface area contributed by atoms with Crippen LogP contribution in [0.1, 0.15) is 90.2 Å². The van der Waals surface area contributed by atoms with Crippen molar-refractivity contribution in [2.75, 3.05) is 0 Å². The average molecular weight is 449 g/mol. The molecule has 0 heterocycles. The van der Waals surface area contributed by atoms with Crippen LogP contribution in [0.2, 0.25) is 0 Å². The lowest BCUT2D eigenvalue weighted by atomic mass is 9.71. The van der Waals surface area contributed by atoms with Crippen molar-refractivity contribution in [1.82, 2.24) is 0 Å². The highest BCUT2D eigenvalue weighted by Gasteiger charge is 2.35. The normalized spacial score (nSPS) is 23.2. The van der Waals surface area contributed by atoms with E-state index >= 15 is 0 Å². The van der Waals surface area contributed by atoms with Crippen LogP contribution in [0.3, 0.4) is 0 Å². The van der Waals surface area contributed by atoms with E-state index in [4.69, 9.17) is 0 Å². The maximum absolute atomic E-state index is 14.6. The van der Waals surface area contributed by atoms with Crippen molar-refractivity contribution >= 4 is 11.9 Å². The number of allylic oxidation sites excluding steroid dienone is 1. The summed E-state index contributed by atoms with van der Waals surface area (Å²) in [6.45, 7) is 12.5. The fourth-order valence-electron chi connectivity index (χ4n) is 5.85. The van der Waals surface area contributed by atoms with E-state index in [1.165, 1.54) is 27.8 Å². The number of ketones is 1. The molecular weight excluding hydrogens is 407 g/mol. The quantitative estimate of drug-likeness (QED) is 0.370. The second-order valence-corrected chi connectivity index (χ2v) is 10.4. The standard InChI is InChI=1S/C31H41FO/c1-7-9-27-17-24(11-10-21(27)4)12-13-29(33)30-22(5)14-20(3)15-28(30)19-25-16-23(6)31(32)26(8-2)18-25/h7,9-11,14-15,17,23,25-26,31H,8,12-13,16,18-19H2,1-6H3/b9-7-. The van der Waals surface area contributed by atoms with Crippen LogP contribution in [0, 0.1) is 38.5 Å². The molecule has 2 aromatic rings. The molecule has 0 bridgehead atoms. The van der Waals surface area contributed by atoms with E-state index in [9.17, 15) is 9.18 Å². The molecule has 0 saturated heterocycles. The van der Waals surface area contributed by atoms with E-state index in [0.717, 1.165) is 43.2 Å². The van der Waals surface area contributed by atoms with Crippen molar-refractivity contribution in [3.8, 4) is 0 Å². The predicted molar refractivity (Wildman–Crippen MR) is 139 cm³/mol. The van der Waals surface area contributed by atoms with Crippen LogP contribution < -0.4 is 0 Å². The van der Waals surface area contributed by atoms with E-state index in [1.807, 2.05) is 6.92 Å². The Morgan fingerprint density at radius 1 is 1.09 bits per heavy atom. The first kappa shape index (κ1) is 25.4.